The lowest BCUT2D eigenvalue weighted by atomic mass is 9.92. The first-order valence-electron chi connectivity index (χ1n) is 8.19. The van der Waals surface area contributed by atoms with E-state index in [0.717, 1.165) is 12.0 Å². The van der Waals surface area contributed by atoms with Gasteiger partial charge in [0.05, 0.1) is 25.2 Å². The smallest absolute Gasteiger partial charge is 0.227 e. The molecule has 1 saturated heterocycles. The van der Waals surface area contributed by atoms with Gasteiger partial charge < -0.3 is 15.4 Å². The quantitative estimate of drug-likeness (QED) is 0.896. The molecule has 23 heavy (non-hydrogen) atoms. The molecule has 3 unspecified atom stereocenters. The van der Waals surface area contributed by atoms with Crippen LogP contribution in [0.1, 0.15) is 38.8 Å². The van der Waals surface area contributed by atoms with Gasteiger partial charge in [0, 0.05) is 12.6 Å². The molecule has 3 atom stereocenters. The Kier molecular flexibility index (Phi) is 8.03. The van der Waals surface area contributed by atoms with Gasteiger partial charge in [-0.3, -0.25) is 4.79 Å². The lowest BCUT2D eigenvalue weighted by Crippen LogP contribution is -2.52. The van der Waals surface area contributed by atoms with Gasteiger partial charge >= 0.3 is 0 Å². The molecule has 1 aliphatic heterocycles. The molecule has 1 amide bonds. The number of rotatable bonds is 5. The van der Waals surface area contributed by atoms with Gasteiger partial charge in [-0.05, 0) is 17.9 Å². The van der Waals surface area contributed by atoms with Crippen LogP contribution >= 0.6 is 12.4 Å². The predicted molar refractivity (Wildman–Crippen MR) is 95.6 cm³/mol. The zero-order valence-corrected chi connectivity index (χ0v) is 15.1. The van der Waals surface area contributed by atoms with Crippen molar-refractivity contribution in [2.24, 2.45) is 17.6 Å². The number of amides is 1. The summed E-state index contributed by atoms with van der Waals surface area (Å²) in [6.07, 6.45) is 0.971. The summed E-state index contributed by atoms with van der Waals surface area (Å²) in [5.74, 6) is 0.459. The number of carbonyl (C=O) groups excluding carboxylic acids is 1. The standard InChI is InChI=1S/C18H28N2O2.ClH/c1-13(2)11-16-12-22-10-9-20(16)18(21)14(3)17(19)15-7-5-4-6-8-15;/h4-8,13-14,16-17H,9-12,19H2,1-3H3;1H. The van der Waals surface area contributed by atoms with Crippen LogP contribution < -0.4 is 5.73 Å². The highest BCUT2D eigenvalue weighted by molar-refractivity contribution is 5.85. The lowest BCUT2D eigenvalue weighted by Gasteiger charge is -2.39. The summed E-state index contributed by atoms with van der Waals surface area (Å²) < 4.78 is 5.56. The van der Waals surface area contributed by atoms with Crippen LogP contribution in [0.4, 0.5) is 0 Å². The summed E-state index contributed by atoms with van der Waals surface area (Å²) >= 11 is 0. The van der Waals surface area contributed by atoms with Crippen LogP contribution in [0, 0.1) is 11.8 Å². The van der Waals surface area contributed by atoms with Crippen LogP contribution in [-0.2, 0) is 9.53 Å². The fraction of sp³-hybridized carbons (Fsp3) is 0.611. The highest BCUT2D eigenvalue weighted by Crippen LogP contribution is 2.24. The fourth-order valence-corrected chi connectivity index (χ4v) is 3.06. The van der Waals surface area contributed by atoms with Gasteiger partial charge in [-0.2, -0.15) is 0 Å². The minimum atomic E-state index is -0.267. The highest BCUT2D eigenvalue weighted by atomic mass is 35.5. The Morgan fingerprint density at radius 3 is 2.57 bits per heavy atom. The Balaban J connectivity index is 0.00000264. The molecule has 1 heterocycles. The van der Waals surface area contributed by atoms with Gasteiger partial charge in [-0.1, -0.05) is 51.1 Å². The summed E-state index contributed by atoms with van der Waals surface area (Å²) in [7, 11) is 0. The molecule has 0 bridgehead atoms. The largest absolute Gasteiger partial charge is 0.377 e. The lowest BCUT2D eigenvalue weighted by molar-refractivity contribution is -0.145. The van der Waals surface area contributed by atoms with Crippen molar-refractivity contribution in [2.75, 3.05) is 19.8 Å². The van der Waals surface area contributed by atoms with E-state index in [0.29, 0.717) is 25.7 Å². The molecule has 0 aliphatic carbocycles. The van der Waals surface area contributed by atoms with Gasteiger partial charge in [0.15, 0.2) is 0 Å². The maximum atomic E-state index is 12.9. The van der Waals surface area contributed by atoms with Crippen LogP contribution in [0.3, 0.4) is 0 Å². The monoisotopic (exact) mass is 340 g/mol. The van der Waals surface area contributed by atoms with Crippen LogP contribution in [0.15, 0.2) is 30.3 Å². The molecule has 1 aromatic carbocycles. The molecule has 2 rings (SSSR count). The van der Waals surface area contributed by atoms with Crippen LogP contribution in [0.2, 0.25) is 0 Å². The Morgan fingerprint density at radius 2 is 1.96 bits per heavy atom. The SMILES string of the molecule is CC(C)CC1COCCN1C(=O)C(C)C(N)c1ccccc1.Cl. The van der Waals surface area contributed by atoms with Gasteiger partial charge in [-0.25, -0.2) is 0 Å². The van der Waals surface area contributed by atoms with E-state index in [2.05, 4.69) is 13.8 Å². The Hall–Kier alpha value is -1.10. The summed E-state index contributed by atoms with van der Waals surface area (Å²) in [6.45, 7) is 8.21. The second kappa shape index (κ2) is 9.26. The molecule has 1 aliphatic rings. The normalized spacial score (nSPS) is 20.7. The first-order valence-corrected chi connectivity index (χ1v) is 8.19. The number of ether oxygens (including phenoxy) is 1. The zero-order valence-electron chi connectivity index (χ0n) is 14.3. The van der Waals surface area contributed by atoms with Gasteiger partial charge in [0.2, 0.25) is 5.91 Å². The molecule has 4 nitrogen and oxygen atoms in total. The first kappa shape index (κ1) is 19.9. The summed E-state index contributed by atoms with van der Waals surface area (Å²) in [5.41, 5.74) is 7.33. The number of hydrogen-bond donors (Lipinski definition) is 1. The average molecular weight is 341 g/mol. The minimum absolute atomic E-state index is 0. The minimum Gasteiger partial charge on any atom is -0.377 e. The summed E-state index contributed by atoms with van der Waals surface area (Å²) in [4.78, 5) is 14.9. The highest BCUT2D eigenvalue weighted by Gasteiger charge is 2.33. The Labute approximate surface area is 145 Å². The molecule has 0 spiro atoms. The van der Waals surface area contributed by atoms with Crippen molar-refractivity contribution in [1.29, 1.82) is 0 Å². The molecule has 1 aromatic rings. The number of carbonyl (C=O) groups is 1. The van der Waals surface area contributed by atoms with E-state index >= 15 is 0 Å². The fourth-order valence-electron chi connectivity index (χ4n) is 3.06. The maximum Gasteiger partial charge on any atom is 0.227 e. The van der Waals surface area contributed by atoms with Gasteiger partial charge in [0.25, 0.3) is 0 Å². The molecule has 1 fully saturated rings. The topological polar surface area (TPSA) is 55.6 Å². The third kappa shape index (κ3) is 5.20. The molecule has 5 heteroatoms. The Bertz CT molecular complexity index is 481. The van der Waals surface area contributed by atoms with Crippen molar-refractivity contribution >= 4 is 18.3 Å². The third-order valence-electron chi connectivity index (χ3n) is 4.37. The molecule has 0 aromatic heterocycles. The van der Waals surface area contributed by atoms with E-state index in [1.807, 2.05) is 42.2 Å². The second-order valence-electron chi connectivity index (χ2n) is 6.62. The molecule has 130 valence electrons. The van der Waals surface area contributed by atoms with E-state index in [1.54, 1.807) is 0 Å². The van der Waals surface area contributed by atoms with Crippen LogP contribution in [-0.4, -0.2) is 36.6 Å². The van der Waals surface area contributed by atoms with E-state index in [1.165, 1.54) is 0 Å². The van der Waals surface area contributed by atoms with Crippen molar-refractivity contribution in [2.45, 2.75) is 39.3 Å². The summed E-state index contributed by atoms with van der Waals surface area (Å²) in [5, 5.41) is 0. The predicted octanol–water partition coefficient (Wildman–Crippen LogP) is 3.02. The van der Waals surface area contributed by atoms with Gasteiger partial charge in [0.1, 0.15) is 0 Å². The van der Waals surface area contributed by atoms with E-state index in [4.69, 9.17) is 10.5 Å². The number of nitrogens with zero attached hydrogens (tertiary/aromatic N) is 1. The van der Waals surface area contributed by atoms with Crippen molar-refractivity contribution in [1.82, 2.24) is 4.90 Å². The van der Waals surface area contributed by atoms with E-state index < -0.39 is 0 Å². The first-order chi connectivity index (χ1) is 10.5. The average Bonchev–Trinajstić information content (AvgIpc) is 2.53. The number of halogens is 1. The maximum absolute atomic E-state index is 12.9. The van der Waals surface area contributed by atoms with Crippen LogP contribution in [0.25, 0.3) is 0 Å². The van der Waals surface area contributed by atoms with Gasteiger partial charge in [-0.15, -0.1) is 12.4 Å². The van der Waals surface area contributed by atoms with Crippen molar-refractivity contribution < 1.29 is 9.53 Å². The zero-order chi connectivity index (χ0) is 16.1. The number of hydrogen-bond acceptors (Lipinski definition) is 3. The van der Waals surface area contributed by atoms with E-state index in [-0.39, 0.29) is 36.3 Å². The molecular weight excluding hydrogens is 312 g/mol. The van der Waals surface area contributed by atoms with Crippen molar-refractivity contribution in [3.63, 3.8) is 0 Å². The Morgan fingerprint density at radius 1 is 1.30 bits per heavy atom. The molecule has 2 N–H and O–H groups in total. The van der Waals surface area contributed by atoms with Crippen molar-refractivity contribution in [3.05, 3.63) is 35.9 Å². The van der Waals surface area contributed by atoms with Crippen molar-refractivity contribution in [3.8, 4) is 0 Å². The second-order valence-corrected chi connectivity index (χ2v) is 6.62. The number of nitrogens with two attached hydrogens (primary N) is 1. The molecule has 0 radical (unpaired) electrons. The summed E-state index contributed by atoms with van der Waals surface area (Å²) in [6, 6.07) is 9.76. The molecular formula is C18H29ClN2O2. The number of benzene rings is 1. The van der Waals surface area contributed by atoms with Crippen LogP contribution in [0.5, 0.6) is 0 Å². The van der Waals surface area contributed by atoms with E-state index in [9.17, 15) is 4.79 Å². The molecule has 0 saturated carbocycles. The number of morpholine rings is 1. The third-order valence-corrected chi connectivity index (χ3v) is 4.37.